The third kappa shape index (κ3) is 2.28. The Morgan fingerprint density at radius 2 is 2.21 bits per heavy atom. The molecule has 1 aromatic heterocycles. The van der Waals surface area contributed by atoms with Gasteiger partial charge in [0.05, 0.1) is 0 Å². The summed E-state index contributed by atoms with van der Waals surface area (Å²) in [6, 6.07) is 9.13. The second-order valence-electron chi connectivity index (χ2n) is 5.59. The van der Waals surface area contributed by atoms with Crippen molar-refractivity contribution in [1.29, 1.82) is 0 Å². The summed E-state index contributed by atoms with van der Waals surface area (Å²) >= 11 is 0. The van der Waals surface area contributed by atoms with Gasteiger partial charge in [-0.1, -0.05) is 18.2 Å². The highest BCUT2D eigenvalue weighted by Crippen LogP contribution is 2.32. The van der Waals surface area contributed by atoms with Crippen LogP contribution in [0.4, 0.5) is 0 Å². The molecule has 0 aliphatic carbocycles. The van der Waals surface area contributed by atoms with E-state index in [-0.39, 0.29) is 0 Å². The van der Waals surface area contributed by atoms with E-state index in [0.29, 0.717) is 12.0 Å². The fourth-order valence-electron chi connectivity index (χ4n) is 3.43. The Morgan fingerprint density at radius 1 is 1.37 bits per heavy atom. The van der Waals surface area contributed by atoms with Crippen molar-refractivity contribution in [3.63, 3.8) is 0 Å². The highest BCUT2D eigenvalue weighted by atomic mass is 15.0. The Bertz CT molecular complexity index is 552. The van der Waals surface area contributed by atoms with Crippen LogP contribution in [0.1, 0.15) is 24.4 Å². The fourth-order valence-corrected chi connectivity index (χ4v) is 3.43. The zero-order valence-corrected chi connectivity index (χ0v) is 11.8. The van der Waals surface area contributed by atoms with Gasteiger partial charge in [0.2, 0.25) is 0 Å². The normalized spacial score (nSPS) is 21.7. The predicted molar refractivity (Wildman–Crippen MR) is 80.3 cm³/mol. The van der Waals surface area contributed by atoms with Crippen LogP contribution in [-0.2, 0) is 7.05 Å². The quantitative estimate of drug-likeness (QED) is 0.884. The zero-order chi connectivity index (χ0) is 13.2. The van der Waals surface area contributed by atoms with Crippen molar-refractivity contribution in [1.82, 2.24) is 15.2 Å². The van der Waals surface area contributed by atoms with Crippen LogP contribution >= 0.6 is 0 Å². The van der Waals surface area contributed by atoms with Crippen LogP contribution in [0.2, 0.25) is 0 Å². The van der Waals surface area contributed by atoms with E-state index in [9.17, 15) is 0 Å². The van der Waals surface area contributed by atoms with Crippen LogP contribution < -0.4 is 10.6 Å². The number of nitrogens with one attached hydrogen (secondary N) is 2. The van der Waals surface area contributed by atoms with Crippen molar-refractivity contribution in [2.45, 2.75) is 18.9 Å². The third-order valence-corrected chi connectivity index (χ3v) is 4.38. The molecule has 1 saturated heterocycles. The zero-order valence-electron chi connectivity index (χ0n) is 11.8. The molecule has 0 radical (unpaired) electrons. The number of aromatic nitrogens is 1. The summed E-state index contributed by atoms with van der Waals surface area (Å²) in [5, 5.41) is 8.45. The van der Waals surface area contributed by atoms with Gasteiger partial charge < -0.3 is 15.2 Å². The molecule has 2 unspecified atom stereocenters. The smallest absolute Gasteiger partial charge is 0.0481 e. The fraction of sp³-hybridized carbons (Fsp3) is 0.500. The van der Waals surface area contributed by atoms with Crippen LogP contribution in [0, 0.1) is 5.92 Å². The van der Waals surface area contributed by atoms with Crippen LogP contribution in [0.15, 0.2) is 30.5 Å². The first-order valence-corrected chi connectivity index (χ1v) is 7.23. The molecule has 2 heterocycles. The molecule has 0 spiro atoms. The molecule has 1 fully saturated rings. The van der Waals surface area contributed by atoms with Gasteiger partial charge in [0.15, 0.2) is 0 Å². The van der Waals surface area contributed by atoms with Crippen LogP contribution in [0.5, 0.6) is 0 Å². The molecular weight excluding hydrogens is 234 g/mol. The second kappa shape index (κ2) is 5.35. The SMILES string of the molecule is CNC(c1cn(C)c2ccccc12)C1CCCNC1. The van der Waals surface area contributed by atoms with Crippen LogP contribution in [0.3, 0.4) is 0 Å². The number of rotatable bonds is 3. The van der Waals surface area contributed by atoms with Gasteiger partial charge in [0, 0.05) is 30.2 Å². The van der Waals surface area contributed by atoms with E-state index in [4.69, 9.17) is 0 Å². The molecule has 19 heavy (non-hydrogen) atoms. The highest BCUT2D eigenvalue weighted by molar-refractivity contribution is 5.84. The Hall–Kier alpha value is -1.32. The lowest BCUT2D eigenvalue weighted by Gasteiger charge is -2.30. The van der Waals surface area contributed by atoms with Gasteiger partial charge >= 0.3 is 0 Å². The maximum absolute atomic E-state index is 3.54. The molecule has 3 rings (SSSR count). The van der Waals surface area contributed by atoms with Gasteiger partial charge in [-0.05, 0) is 50.5 Å². The van der Waals surface area contributed by atoms with Gasteiger partial charge in [-0.3, -0.25) is 0 Å². The number of fused-ring (bicyclic) bond motifs is 1. The number of piperidine rings is 1. The van der Waals surface area contributed by atoms with Crippen molar-refractivity contribution in [2.75, 3.05) is 20.1 Å². The average molecular weight is 257 g/mol. The summed E-state index contributed by atoms with van der Waals surface area (Å²) in [5.74, 6) is 0.685. The minimum absolute atomic E-state index is 0.443. The Labute approximate surface area is 115 Å². The number of benzene rings is 1. The maximum Gasteiger partial charge on any atom is 0.0481 e. The number of aryl methyl sites for hydroxylation is 1. The highest BCUT2D eigenvalue weighted by Gasteiger charge is 2.25. The molecule has 2 N–H and O–H groups in total. The minimum Gasteiger partial charge on any atom is -0.350 e. The van der Waals surface area contributed by atoms with Crippen molar-refractivity contribution in [3.8, 4) is 0 Å². The monoisotopic (exact) mass is 257 g/mol. The average Bonchev–Trinajstić information content (AvgIpc) is 2.79. The molecule has 1 aliphatic rings. The van der Waals surface area contributed by atoms with Gasteiger partial charge in [0.1, 0.15) is 0 Å². The summed E-state index contributed by atoms with van der Waals surface area (Å²) in [4.78, 5) is 0. The summed E-state index contributed by atoms with van der Waals surface area (Å²) in [6.45, 7) is 2.29. The maximum atomic E-state index is 3.54. The number of nitrogens with zero attached hydrogens (tertiary/aromatic N) is 1. The van der Waals surface area contributed by atoms with Crippen LogP contribution in [-0.4, -0.2) is 24.7 Å². The first-order valence-electron chi connectivity index (χ1n) is 7.23. The molecule has 3 nitrogen and oxygen atoms in total. The Kier molecular flexibility index (Phi) is 3.58. The standard InChI is InChI=1S/C16H23N3/c1-17-16(12-6-5-9-18-10-12)14-11-19(2)15-8-4-3-7-13(14)15/h3-4,7-8,11-12,16-18H,5-6,9-10H2,1-2H3. The summed E-state index contributed by atoms with van der Waals surface area (Å²) in [5.41, 5.74) is 2.76. The molecule has 2 atom stereocenters. The van der Waals surface area contributed by atoms with Crippen molar-refractivity contribution >= 4 is 10.9 Å². The van der Waals surface area contributed by atoms with E-state index in [1.54, 1.807) is 0 Å². The molecule has 1 aliphatic heterocycles. The van der Waals surface area contributed by atoms with E-state index >= 15 is 0 Å². The topological polar surface area (TPSA) is 29.0 Å². The van der Waals surface area contributed by atoms with E-state index in [2.05, 4.69) is 59.8 Å². The molecule has 0 amide bonds. The van der Waals surface area contributed by atoms with E-state index in [1.165, 1.54) is 35.9 Å². The van der Waals surface area contributed by atoms with E-state index in [0.717, 1.165) is 6.54 Å². The minimum atomic E-state index is 0.443. The predicted octanol–water partition coefficient (Wildman–Crippen LogP) is 2.44. The van der Waals surface area contributed by atoms with Crippen LogP contribution in [0.25, 0.3) is 10.9 Å². The number of hydrogen-bond acceptors (Lipinski definition) is 2. The second-order valence-corrected chi connectivity index (χ2v) is 5.59. The lowest BCUT2D eigenvalue weighted by Crippen LogP contribution is -2.37. The molecule has 1 aromatic carbocycles. The summed E-state index contributed by atoms with van der Waals surface area (Å²) < 4.78 is 2.24. The van der Waals surface area contributed by atoms with Gasteiger partial charge in [-0.15, -0.1) is 0 Å². The first kappa shape index (κ1) is 12.7. The molecule has 3 heteroatoms. The first-order chi connectivity index (χ1) is 9.31. The Balaban J connectivity index is 2.01. The molecule has 102 valence electrons. The van der Waals surface area contributed by atoms with Crippen molar-refractivity contribution in [3.05, 3.63) is 36.0 Å². The molecule has 0 saturated carbocycles. The molecule has 0 bridgehead atoms. The lowest BCUT2D eigenvalue weighted by molar-refractivity contribution is 0.299. The van der Waals surface area contributed by atoms with Gasteiger partial charge in [0.25, 0.3) is 0 Å². The summed E-state index contributed by atoms with van der Waals surface area (Å²) in [7, 11) is 4.22. The van der Waals surface area contributed by atoms with Gasteiger partial charge in [-0.25, -0.2) is 0 Å². The third-order valence-electron chi connectivity index (χ3n) is 4.38. The van der Waals surface area contributed by atoms with Crippen molar-refractivity contribution in [2.24, 2.45) is 13.0 Å². The largest absolute Gasteiger partial charge is 0.350 e. The lowest BCUT2D eigenvalue weighted by atomic mass is 9.87. The molecule has 2 aromatic rings. The van der Waals surface area contributed by atoms with Crippen molar-refractivity contribution < 1.29 is 0 Å². The molecular formula is C16H23N3. The Morgan fingerprint density at radius 3 is 2.95 bits per heavy atom. The number of hydrogen-bond donors (Lipinski definition) is 2. The number of para-hydroxylation sites is 1. The van der Waals surface area contributed by atoms with E-state index < -0.39 is 0 Å². The summed E-state index contributed by atoms with van der Waals surface area (Å²) in [6.07, 6.45) is 4.88. The van der Waals surface area contributed by atoms with Gasteiger partial charge in [-0.2, -0.15) is 0 Å². The van der Waals surface area contributed by atoms with E-state index in [1.807, 2.05) is 0 Å².